The van der Waals surface area contributed by atoms with E-state index in [0.29, 0.717) is 23.5 Å². The zero-order chi connectivity index (χ0) is 18.8. The third-order valence-corrected chi connectivity index (χ3v) is 4.21. The third kappa shape index (κ3) is 3.37. The number of imidazole rings is 1. The molecule has 3 heterocycles. The Morgan fingerprint density at radius 3 is 2.96 bits per heavy atom. The summed E-state index contributed by atoms with van der Waals surface area (Å²) in [6.07, 6.45) is 6.22. The lowest BCUT2D eigenvalue weighted by molar-refractivity contribution is -0.122. The molecule has 1 unspecified atom stereocenters. The van der Waals surface area contributed by atoms with Crippen LogP contribution in [0.1, 0.15) is 22.8 Å². The molecule has 0 saturated heterocycles. The van der Waals surface area contributed by atoms with Gasteiger partial charge in [-0.1, -0.05) is 12.1 Å². The summed E-state index contributed by atoms with van der Waals surface area (Å²) in [6, 6.07) is 8.82. The minimum absolute atomic E-state index is 0.232. The Hall–Kier alpha value is -3.68. The molecular weight excluding hydrogens is 346 g/mol. The van der Waals surface area contributed by atoms with Gasteiger partial charge in [-0.25, -0.2) is 9.97 Å². The molecule has 2 aromatic heterocycles. The van der Waals surface area contributed by atoms with Crippen molar-refractivity contribution in [3.05, 3.63) is 66.4 Å². The first-order chi connectivity index (χ1) is 13.1. The van der Waals surface area contributed by atoms with Crippen LogP contribution in [0.5, 0.6) is 5.75 Å². The Morgan fingerprint density at radius 1 is 1.33 bits per heavy atom. The van der Waals surface area contributed by atoms with E-state index in [9.17, 15) is 9.59 Å². The van der Waals surface area contributed by atoms with Gasteiger partial charge >= 0.3 is 0 Å². The number of pyridine rings is 1. The van der Waals surface area contributed by atoms with Crippen molar-refractivity contribution in [1.29, 1.82) is 0 Å². The lowest BCUT2D eigenvalue weighted by Gasteiger charge is -2.25. The van der Waals surface area contributed by atoms with Crippen molar-refractivity contribution in [3.8, 4) is 11.6 Å². The van der Waals surface area contributed by atoms with Crippen LogP contribution in [0.15, 0.2) is 55.2 Å². The first-order valence-electron chi connectivity index (χ1n) is 8.44. The molecule has 2 N–H and O–H groups in total. The summed E-state index contributed by atoms with van der Waals surface area (Å²) in [5.74, 6) is 0.617. The predicted molar refractivity (Wildman–Crippen MR) is 97.7 cm³/mol. The molecule has 0 aliphatic carbocycles. The van der Waals surface area contributed by atoms with Gasteiger partial charge in [-0.2, -0.15) is 0 Å². The van der Waals surface area contributed by atoms with Gasteiger partial charge in [0.15, 0.2) is 11.9 Å². The van der Waals surface area contributed by atoms with Crippen LogP contribution >= 0.6 is 0 Å². The molecular formula is C19H17N5O3. The number of fused-ring (bicyclic) bond motifs is 1. The summed E-state index contributed by atoms with van der Waals surface area (Å²) in [7, 11) is 0. The molecule has 0 bridgehead atoms. The number of carbonyl (C=O) groups excluding carboxylic acids is 2. The third-order valence-electron chi connectivity index (χ3n) is 4.21. The molecule has 1 atom stereocenters. The fourth-order valence-corrected chi connectivity index (χ4v) is 2.75. The van der Waals surface area contributed by atoms with E-state index in [1.54, 1.807) is 48.4 Å². The van der Waals surface area contributed by atoms with Crippen LogP contribution in [-0.2, 0) is 11.3 Å². The highest BCUT2D eigenvalue weighted by atomic mass is 16.5. The van der Waals surface area contributed by atoms with E-state index in [1.807, 2.05) is 18.3 Å². The second-order valence-electron chi connectivity index (χ2n) is 6.11. The molecule has 1 aliphatic heterocycles. The van der Waals surface area contributed by atoms with Gasteiger partial charge in [-0.3, -0.25) is 14.2 Å². The average Bonchev–Trinajstić information content (AvgIpc) is 3.22. The number of hydrogen-bond donors (Lipinski definition) is 2. The van der Waals surface area contributed by atoms with Crippen LogP contribution in [-0.4, -0.2) is 32.5 Å². The van der Waals surface area contributed by atoms with Crippen molar-refractivity contribution in [1.82, 2.24) is 19.9 Å². The SMILES string of the molecule is CC1Oc2c(cccc2C(=O)NCc2ccc(-n3ccnc3)nc2)NC1=O. The maximum absolute atomic E-state index is 12.6. The van der Waals surface area contributed by atoms with Crippen molar-refractivity contribution in [2.24, 2.45) is 0 Å². The van der Waals surface area contributed by atoms with E-state index >= 15 is 0 Å². The molecule has 1 aliphatic rings. The monoisotopic (exact) mass is 363 g/mol. The molecule has 27 heavy (non-hydrogen) atoms. The molecule has 3 aromatic rings. The first kappa shape index (κ1) is 16.8. The maximum atomic E-state index is 12.6. The van der Waals surface area contributed by atoms with E-state index in [0.717, 1.165) is 11.4 Å². The standard InChI is InChI=1S/C19H17N5O3/c1-12-18(25)23-15-4-2-3-14(17(15)27-12)19(26)22-10-13-5-6-16(21-9-13)24-8-7-20-11-24/h2-9,11-12H,10H2,1H3,(H,22,26)(H,23,25). The number of nitrogens with zero attached hydrogens (tertiary/aromatic N) is 3. The van der Waals surface area contributed by atoms with Gasteiger partial charge in [0, 0.05) is 25.1 Å². The number of nitrogens with one attached hydrogen (secondary N) is 2. The number of ether oxygens (including phenoxy) is 1. The number of anilines is 1. The van der Waals surface area contributed by atoms with Gasteiger partial charge in [0.05, 0.1) is 11.3 Å². The lowest BCUT2D eigenvalue weighted by atomic mass is 10.1. The molecule has 0 spiro atoms. The van der Waals surface area contributed by atoms with Crippen LogP contribution in [0.25, 0.3) is 5.82 Å². The quantitative estimate of drug-likeness (QED) is 0.738. The summed E-state index contributed by atoms with van der Waals surface area (Å²) in [5.41, 5.74) is 1.74. The molecule has 1 aromatic carbocycles. The maximum Gasteiger partial charge on any atom is 0.265 e. The number of aromatic nitrogens is 3. The summed E-state index contributed by atoms with van der Waals surface area (Å²) >= 11 is 0. The van der Waals surface area contributed by atoms with Crippen LogP contribution in [0.3, 0.4) is 0 Å². The van der Waals surface area contributed by atoms with Crippen LogP contribution in [0.4, 0.5) is 5.69 Å². The highest BCUT2D eigenvalue weighted by Gasteiger charge is 2.27. The minimum Gasteiger partial charge on any atom is -0.478 e. The van der Waals surface area contributed by atoms with Crippen molar-refractivity contribution in [2.75, 3.05) is 5.32 Å². The van der Waals surface area contributed by atoms with E-state index in [-0.39, 0.29) is 11.8 Å². The van der Waals surface area contributed by atoms with E-state index in [1.165, 1.54) is 0 Å². The van der Waals surface area contributed by atoms with Crippen molar-refractivity contribution < 1.29 is 14.3 Å². The highest BCUT2D eigenvalue weighted by Crippen LogP contribution is 2.33. The number of benzene rings is 1. The first-order valence-corrected chi connectivity index (χ1v) is 8.44. The van der Waals surface area contributed by atoms with Crippen LogP contribution in [0.2, 0.25) is 0 Å². The largest absolute Gasteiger partial charge is 0.478 e. The van der Waals surface area contributed by atoms with Crippen molar-refractivity contribution >= 4 is 17.5 Å². The normalized spacial score (nSPS) is 15.4. The summed E-state index contributed by atoms with van der Waals surface area (Å²) in [4.78, 5) is 32.7. The number of rotatable bonds is 4. The Labute approximate surface area is 155 Å². The summed E-state index contributed by atoms with van der Waals surface area (Å²) in [5, 5.41) is 5.59. The Balaban J connectivity index is 1.46. The number of para-hydroxylation sites is 1. The van der Waals surface area contributed by atoms with Gasteiger partial charge in [-0.05, 0) is 30.7 Å². The molecule has 2 amide bonds. The molecule has 8 nitrogen and oxygen atoms in total. The van der Waals surface area contributed by atoms with Crippen LogP contribution < -0.4 is 15.4 Å². The van der Waals surface area contributed by atoms with Gasteiger partial charge in [0.1, 0.15) is 12.1 Å². The molecule has 8 heteroatoms. The summed E-state index contributed by atoms with van der Waals surface area (Å²) < 4.78 is 7.41. The Morgan fingerprint density at radius 2 is 2.22 bits per heavy atom. The van der Waals surface area contributed by atoms with Gasteiger partial charge in [0.25, 0.3) is 11.8 Å². The van der Waals surface area contributed by atoms with Crippen molar-refractivity contribution in [3.63, 3.8) is 0 Å². The fraction of sp³-hybridized carbons (Fsp3) is 0.158. The zero-order valence-electron chi connectivity index (χ0n) is 14.5. The second kappa shape index (κ2) is 6.91. The molecule has 0 saturated carbocycles. The molecule has 136 valence electrons. The lowest BCUT2D eigenvalue weighted by Crippen LogP contribution is -2.35. The highest BCUT2D eigenvalue weighted by molar-refractivity contribution is 6.03. The topological polar surface area (TPSA) is 98.1 Å². The molecule has 4 rings (SSSR count). The average molecular weight is 363 g/mol. The van der Waals surface area contributed by atoms with E-state index < -0.39 is 6.10 Å². The van der Waals surface area contributed by atoms with E-state index in [4.69, 9.17) is 4.74 Å². The smallest absolute Gasteiger partial charge is 0.265 e. The number of amides is 2. The van der Waals surface area contributed by atoms with Gasteiger partial charge in [0.2, 0.25) is 0 Å². The fourth-order valence-electron chi connectivity index (χ4n) is 2.75. The summed E-state index contributed by atoms with van der Waals surface area (Å²) in [6.45, 7) is 1.96. The second-order valence-corrected chi connectivity index (χ2v) is 6.11. The number of hydrogen-bond acceptors (Lipinski definition) is 5. The number of carbonyl (C=O) groups is 2. The van der Waals surface area contributed by atoms with Gasteiger partial charge < -0.3 is 15.4 Å². The van der Waals surface area contributed by atoms with Gasteiger partial charge in [-0.15, -0.1) is 0 Å². The minimum atomic E-state index is -0.647. The molecule has 0 fully saturated rings. The van der Waals surface area contributed by atoms with Crippen molar-refractivity contribution in [2.45, 2.75) is 19.6 Å². The Bertz CT molecular complexity index is 983. The zero-order valence-corrected chi connectivity index (χ0v) is 14.5. The molecule has 0 radical (unpaired) electrons. The Kier molecular flexibility index (Phi) is 4.29. The predicted octanol–water partition coefficient (Wildman–Crippen LogP) is 1.92. The van der Waals surface area contributed by atoms with E-state index in [2.05, 4.69) is 20.6 Å². The van der Waals surface area contributed by atoms with Crippen LogP contribution in [0, 0.1) is 0 Å².